The van der Waals surface area contributed by atoms with E-state index in [1.54, 1.807) is 0 Å². The van der Waals surface area contributed by atoms with Crippen molar-refractivity contribution in [2.24, 2.45) is 0 Å². The molecule has 1 N–H and O–H groups in total. The third-order valence-corrected chi connectivity index (χ3v) is 12.5. The van der Waals surface area contributed by atoms with Crippen LogP contribution in [0, 0.1) is 0 Å². The molecule has 1 fully saturated rings. The van der Waals surface area contributed by atoms with E-state index in [9.17, 15) is 18.0 Å². The number of hydrogen-bond acceptors (Lipinski definition) is 4. The largest absolute Gasteiger partial charge is 0.412 e. The Labute approximate surface area is 209 Å². The van der Waals surface area contributed by atoms with Crippen LogP contribution < -0.4 is 10.2 Å². The lowest BCUT2D eigenvalue weighted by Crippen LogP contribution is -2.56. The van der Waals surface area contributed by atoms with Crippen LogP contribution in [0.5, 0.6) is 0 Å². The van der Waals surface area contributed by atoms with Crippen LogP contribution in [0.1, 0.15) is 59.1 Å². The van der Waals surface area contributed by atoms with Gasteiger partial charge in [-0.1, -0.05) is 45.2 Å². The molecular formula is C23H33ClF3N5O2Si. The van der Waals surface area contributed by atoms with Gasteiger partial charge in [0.05, 0.1) is 29.7 Å². The first-order chi connectivity index (χ1) is 16.0. The molecule has 12 heteroatoms. The van der Waals surface area contributed by atoms with Crippen molar-refractivity contribution >= 4 is 37.3 Å². The Morgan fingerprint density at radius 2 is 1.91 bits per heavy atom. The molecule has 0 radical (unpaired) electrons. The Balaban J connectivity index is 1.65. The predicted octanol–water partition coefficient (Wildman–Crippen LogP) is 6.07. The van der Waals surface area contributed by atoms with E-state index >= 15 is 0 Å². The van der Waals surface area contributed by atoms with E-state index in [2.05, 4.69) is 49.3 Å². The SMILES string of the molecule is CC1(C(F)(F)F)CN(C(=O)N[C@@H]2CCCC[C@H]2O[Si](C)(C)C(C)(C)C)c2cnc3cc(Cl)nn3c21. The lowest BCUT2D eigenvalue weighted by Gasteiger charge is -2.43. The first-order valence-corrected chi connectivity index (χ1v) is 15.2. The van der Waals surface area contributed by atoms with Gasteiger partial charge in [-0.25, -0.2) is 14.3 Å². The zero-order valence-electron chi connectivity index (χ0n) is 21.0. The van der Waals surface area contributed by atoms with Crippen LogP contribution in [0.15, 0.2) is 12.3 Å². The molecule has 2 aliphatic rings. The molecule has 2 aromatic rings. The molecule has 1 aliphatic heterocycles. The Bertz CT molecular complexity index is 1130. The number of carbonyl (C=O) groups is 1. The van der Waals surface area contributed by atoms with E-state index in [0.717, 1.165) is 35.6 Å². The Kier molecular flexibility index (Phi) is 6.46. The summed E-state index contributed by atoms with van der Waals surface area (Å²) in [7, 11) is -2.10. The Morgan fingerprint density at radius 3 is 2.54 bits per heavy atom. The smallest absolute Gasteiger partial charge is 0.401 e. The number of nitrogens with one attached hydrogen (secondary N) is 1. The number of rotatable bonds is 3. The number of nitrogens with zero attached hydrogens (tertiary/aromatic N) is 4. The van der Waals surface area contributed by atoms with Crippen molar-refractivity contribution in [2.45, 2.75) is 95.2 Å². The number of hydrogen-bond donors (Lipinski definition) is 1. The number of urea groups is 1. The van der Waals surface area contributed by atoms with E-state index in [1.807, 2.05) is 0 Å². The summed E-state index contributed by atoms with van der Waals surface area (Å²) in [4.78, 5) is 18.8. The van der Waals surface area contributed by atoms with Crippen LogP contribution >= 0.6 is 11.6 Å². The second kappa shape index (κ2) is 8.62. The lowest BCUT2D eigenvalue weighted by molar-refractivity contribution is -0.181. The summed E-state index contributed by atoms with van der Waals surface area (Å²) in [6, 6.07) is 0.531. The zero-order chi connectivity index (χ0) is 26.0. The van der Waals surface area contributed by atoms with Gasteiger partial charge in [0, 0.05) is 12.6 Å². The van der Waals surface area contributed by atoms with Gasteiger partial charge in [-0.05, 0) is 37.9 Å². The van der Waals surface area contributed by atoms with Crippen molar-refractivity contribution in [1.82, 2.24) is 19.9 Å². The minimum absolute atomic E-state index is 0.00347. The highest BCUT2D eigenvalue weighted by atomic mass is 35.5. The molecule has 0 aromatic carbocycles. The van der Waals surface area contributed by atoms with Gasteiger partial charge in [0.2, 0.25) is 0 Å². The van der Waals surface area contributed by atoms with Gasteiger partial charge in [-0.15, -0.1) is 0 Å². The summed E-state index contributed by atoms with van der Waals surface area (Å²) < 4.78 is 50.8. The molecule has 1 unspecified atom stereocenters. The van der Waals surface area contributed by atoms with Crippen molar-refractivity contribution in [3.8, 4) is 0 Å². The molecule has 0 spiro atoms. The molecule has 0 saturated heterocycles. The minimum atomic E-state index is -4.62. The average Bonchev–Trinajstić information content (AvgIpc) is 3.25. The topological polar surface area (TPSA) is 71.8 Å². The fourth-order valence-corrected chi connectivity index (χ4v) is 6.25. The number of alkyl halides is 3. The van der Waals surface area contributed by atoms with Crippen LogP contribution in [-0.4, -0.2) is 53.8 Å². The predicted molar refractivity (Wildman–Crippen MR) is 132 cm³/mol. The van der Waals surface area contributed by atoms with Crippen molar-refractivity contribution in [2.75, 3.05) is 11.4 Å². The lowest BCUT2D eigenvalue weighted by atomic mass is 9.87. The molecule has 1 aliphatic carbocycles. The summed E-state index contributed by atoms with van der Waals surface area (Å²) in [6.45, 7) is 11.3. The highest BCUT2D eigenvalue weighted by Crippen LogP contribution is 2.50. The average molecular weight is 532 g/mol. The molecule has 2 aromatic heterocycles. The van der Waals surface area contributed by atoms with Crippen molar-refractivity contribution in [3.05, 3.63) is 23.1 Å². The molecule has 1 saturated carbocycles. The van der Waals surface area contributed by atoms with Crippen LogP contribution in [0.2, 0.25) is 23.3 Å². The Morgan fingerprint density at radius 1 is 1.26 bits per heavy atom. The fourth-order valence-electron chi connectivity index (χ4n) is 4.69. The number of amides is 2. The molecule has 3 heterocycles. The molecule has 4 rings (SSSR count). The van der Waals surface area contributed by atoms with Gasteiger partial charge in [0.25, 0.3) is 0 Å². The highest BCUT2D eigenvalue weighted by Gasteiger charge is 2.60. The standard InChI is InChI=1S/C23H33ClF3N5O2Si/c1-21(2,3)35(5,6)34-16-10-8-7-9-14(16)29-20(33)31-13-22(4,23(25,26)27)19-15(31)12-28-18-11-17(24)30-32(18)19/h11-12,14,16H,7-10,13H2,1-6H3,(H,29,33)/t14-,16-,22?/m1/s1. The summed E-state index contributed by atoms with van der Waals surface area (Å²) in [5.41, 5.74) is -2.21. The van der Waals surface area contributed by atoms with E-state index < -0.39 is 32.5 Å². The molecule has 194 valence electrons. The quantitative estimate of drug-likeness (QED) is 0.488. The van der Waals surface area contributed by atoms with E-state index in [0.29, 0.717) is 6.42 Å². The summed E-state index contributed by atoms with van der Waals surface area (Å²) in [5, 5.41) is 7.06. The number of halogens is 4. The molecule has 2 amide bonds. The van der Waals surface area contributed by atoms with Gasteiger partial charge < -0.3 is 9.74 Å². The second-order valence-electron chi connectivity index (χ2n) is 11.4. The van der Waals surface area contributed by atoms with Gasteiger partial charge in [-0.2, -0.15) is 18.3 Å². The van der Waals surface area contributed by atoms with E-state index in [1.165, 1.54) is 12.3 Å². The van der Waals surface area contributed by atoms with Gasteiger partial charge in [-0.3, -0.25) is 4.90 Å². The maximum atomic E-state index is 14.3. The van der Waals surface area contributed by atoms with Crippen molar-refractivity contribution in [3.63, 3.8) is 0 Å². The summed E-state index contributed by atoms with van der Waals surface area (Å²) >= 11 is 5.96. The minimum Gasteiger partial charge on any atom is -0.412 e. The maximum Gasteiger partial charge on any atom is 0.401 e. The maximum absolute atomic E-state index is 14.3. The van der Waals surface area contributed by atoms with Crippen LogP contribution in [0.25, 0.3) is 5.65 Å². The van der Waals surface area contributed by atoms with E-state index in [4.69, 9.17) is 16.0 Å². The molecule has 0 bridgehead atoms. The molecule has 7 nitrogen and oxygen atoms in total. The number of fused-ring (bicyclic) bond motifs is 3. The zero-order valence-corrected chi connectivity index (χ0v) is 22.7. The second-order valence-corrected chi connectivity index (χ2v) is 16.5. The Hall–Kier alpha value is -1.85. The van der Waals surface area contributed by atoms with Crippen LogP contribution in [-0.2, 0) is 9.84 Å². The number of aromatic nitrogens is 3. The first-order valence-electron chi connectivity index (χ1n) is 11.9. The van der Waals surface area contributed by atoms with Gasteiger partial charge in [0.1, 0.15) is 5.41 Å². The van der Waals surface area contributed by atoms with Crippen molar-refractivity contribution < 1.29 is 22.4 Å². The highest BCUT2D eigenvalue weighted by molar-refractivity contribution is 6.74. The molecule has 3 atom stereocenters. The van der Waals surface area contributed by atoms with E-state index in [-0.39, 0.29) is 39.4 Å². The van der Waals surface area contributed by atoms with Crippen LogP contribution in [0.4, 0.5) is 23.7 Å². The van der Waals surface area contributed by atoms with Gasteiger partial charge in [0.15, 0.2) is 19.1 Å². The monoisotopic (exact) mass is 531 g/mol. The fraction of sp³-hybridized carbons (Fsp3) is 0.696. The summed E-state index contributed by atoms with van der Waals surface area (Å²) in [6.07, 6.45) is -0.0580. The first kappa shape index (κ1) is 26.2. The number of carbonyl (C=O) groups excluding carboxylic acids is 1. The van der Waals surface area contributed by atoms with Crippen LogP contribution in [0.3, 0.4) is 0 Å². The van der Waals surface area contributed by atoms with Gasteiger partial charge >= 0.3 is 12.2 Å². The summed E-state index contributed by atoms with van der Waals surface area (Å²) in [5.74, 6) is 0. The molecule has 35 heavy (non-hydrogen) atoms. The van der Waals surface area contributed by atoms with Crippen molar-refractivity contribution in [1.29, 1.82) is 0 Å². The molecular weight excluding hydrogens is 499 g/mol. The third-order valence-electron chi connectivity index (χ3n) is 7.86. The number of anilines is 1. The normalized spacial score (nSPS) is 25.7. The third kappa shape index (κ3) is 4.55.